The van der Waals surface area contributed by atoms with Crippen molar-refractivity contribution in [2.45, 2.75) is 6.61 Å². The van der Waals surface area contributed by atoms with E-state index in [-0.39, 0.29) is 12.0 Å². The van der Waals surface area contributed by atoms with Crippen LogP contribution in [0.5, 0.6) is 5.75 Å². The maximum atomic E-state index is 14.2. The summed E-state index contributed by atoms with van der Waals surface area (Å²) in [6, 6.07) is 20.8. The topological polar surface area (TPSA) is 52.3 Å². The quantitative estimate of drug-likeness (QED) is 0.291. The molecule has 5 aromatic rings. The number of aromatic nitrogens is 1. The molecule has 0 radical (unpaired) electrons. The summed E-state index contributed by atoms with van der Waals surface area (Å²) in [7, 11) is 0. The Morgan fingerprint density at radius 3 is 2.61 bits per heavy atom. The van der Waals surface area contributed by atoms with Crippen molar-refractivity contribution in [1.29, 1.82) is 0 Å². The number of hydrogen-bond donors (Lipinski definition) is 0. The van der Waals surface area contributed by atoms with Crippen LogP contribution >= 0.6 is 11.6 Å². The van der Waals surface area contributed by atoms with Gasteiger partial charge in [0.2, 0.25) is 5.43 Å². The molecule has 0 unspecified atom stereocenters. The molecule has 4 nitrogen and oxygen atoms in total. The van der Waals surface area contributed by atoms with Crippen LogP contribution in [0.15, 0.2) is 88.3 Å². The lowest BCUT2D eigenvalue weighted by atomic mass is 9.92. The van der Waals surface area contributed by atoms with E-state index < -0.39 is 5.82 Å². The van der Waals surface area contributed by atoms with Crippen LogP contribution in [0.2, 0.25) is 5.02 Å². The van der Waals surface area contributed by atoms with Gasteiger partial charge in [0.15, 0.2) is 0 Å². The van der Waals surface area contributed by atoms with E-state index in [0.717, 1.165) is 5.56 Å². The van der Waals surface area contributed by atoms with Gasteiger partial charge in [0.1, 0.15) is 30.0 Å². The molecule has 160 valence electrons. The lowest BCUT2D eigenvalue weighted by Gasteiger charge is -2.23. The average molecular weight is 456 g/mol. The Morgan fingerprint density at radius 1 is 0.909 bits per heavy atom. The summed E-state index contributed by atoms with van der Waals surface area (Å²) in [6.07, 6.45) is 1.45. The first-order valence-electron chi connectivity index (χ1n) is 10.3. The first-order valence-corrected chi connectivity index (χ1v) is 10.7. The van der Waals surface area contributed by atoms with Crippen molar-refractivity contribution < 1.29 is 13.5 Å². The van der Waals surface area contributed by atoms with Gasteiger partial charge in [-0.2, -0.15) is 0 Å². The summed E-state index contributed by atoms with van der Waals surface area (Å²) < 4.78 is 25.8. The molecule has 0 spiro atoms. The third-order valence-corrected chi connectivity index (χ3v) is 6.02. The SMILES string of the molecule is O=c1c(-c2cc(-c3ccccc3)nc3c2COc2ccc(F)cc2-3)coc2ccc(Cl)cc12. The molecule has 0 atom stereocenters. The Bertz CT molecular complexity index is 1610. The van der Waals surface area contributed by atoms with Gasteiger partial charge < -0.3 is 9.15 Å². The van der Waals surface area contributed by atoms with E-state index in [0.29, 0.717) is 55.4 Å². The summed E-state index contributed by atoms with van der Waals surface area (Å²) in [5.41, 5.74) is 4.58. The van der Waals surface area contributed by atoms with Crippen LogP contribution in [0, 0.1) is 5.82 Å². The molecular weight excluding hydrogens is 441 g/mol. The van der Waals surface area contributed by atoms with Gasteiger partial charge in [-0.25, -0.2) is 9.37 Å². The highest BCUT2D eigenvalue weighted by Crippen LogP contribution is 2.42. The van der Waals surface area contributed by atoms with E-state index in [1.165, 1.54) is 18.4 Å². The van der Waals surface area contributed by atoms with Crippen molar-refractivity contribution in [3.05, 3.63) is 106 Å². The first-order chi connectivity index (χ1) is 16.1. The van der Waals surface area contributed by atoms with Gasteiger partial charge in [-0.15, -0.1) is 0 Å². The van der Waals surface area contributed by atoms with E-state index in [9.17, 15) is 9.18 Å². The molecule has 1 aliphatic heterocycles. The van der Waals surface area contributed by atoms with Crippen LogP contribution < -0.4 is 10.2 Å². The molecule has 33 heavy (non-hydrogen) atoms. The van der Waals surface area contributed by atoms with Gasteiger partial charge in [0.25, 0.3) is 0 Å². The molecule has 2 aromatic heterocycles. The monoisotopic (exact) mass is 455 g/mol. The van der Waals surface area contributed by atoms with Crippen molar-refractivity contribution in [2.24, 2.45) is 0 Å². The van der Waals surface area contributed by atoms with Crippen molar-refractivity contribution in [2.75, 3.05) is 0 Å². The maximum absolute atomic E-state index is 14.2. The van der Waals surface area contributed by atoms with E-state index in [1.807, 2.05) is 36.4 Å². The third-order valence-electron chi connectivity index (χ3n) is 5.79. The smallest absolute Gasteiger partial charge is 0.200 e. The number of halogens is 2. The van der Waals surface area contributed by atoms with Crippen LogP contribution in [-0.2, 0) is 6.61 Å². The summed E-state index contributed by atoms with van der Waals surface area (Å²) >= 11 is 6.13. The molecule has 6 heteroatoms. The fraction of sp³-hybridized carbons (Fsp3) is 0.0370. The number of benzene rings is 3. The molecule has 0 fully saturated rings. The Hall–Kier alpha value is -3.96. The Morgan fingerprint density at radius 2 is 1.76 bits per heavy atom. The average Bonchev–Trinajstić information content (AvgIpc) is 2.84. The zero-order chi connectivity index (χ0) is 22.5. The van der Waals surface area contributed by atoms with Crippen molar-refractivity contribution in [3.8, 4) is 39.4 Å². The van der Waals surface area contributed by atoms with Gasteiger partial charge in [-0.05, 0) is 48.0 Å². The number of hydrogen-bond acceptors (Lipinski definition) is 4. The summed E-state index contributed by atoms with van der Waals surface area (Å²) in [4.78, 5) is 18.3. The van der Waals surface area contributed by atoms with Crippen LogP contribution in [-0.4, -0.2) is 4.98 Å². The summed E-state index contributed by atoms with van der Waals surface area (Å²) in [5.74, 6) is 0.156. The minimum absolute atomic E-state index is 0.193. The molecule has 3 aromatic carbocycles. The number of fused-ring (bicyclic) bond motifs is 4. The van der Waals surface area contributed by atoms with E-state index in [2.05, 4.69) is 0 Å². The van der Waals surface area contributed by atoms with Crippen LogP contribution in [0.4, 0.5) is 4.39 Å². The van der Waals surface area contributed by atoms with Gasteiger partial charge in [-0.3, -0.25) is 4.79 Å². The van der Waals surface area contributed by atoms with E-state index >= 15 is 0 Å². The Balaban J connectivity index is 1.68. The molecule has 0 saturated heterocycles. The number of ether oxygens (including phenoxy) is 1. The summed E-state index contributed by atoms with van der Waals surface area (Å²) in [5, 5.41) is 0.830. The number of nitrogens with zero attached hydrogens (tertiary/aromatic N) is 1. The minimum atomic E-state index is -0.390. The van der Waals surface area contributed by atoms with Crippen LogP contribution in [0.1, 0.15) is 5.56 Å². The standard InChI is InChI=1S/C27H15ClFNO3/c28-16-6-8-25-20(10-16)27(31)22(14-33-25)18-12-23(15-4-2-1-3-5-15)30-26-19-11-17(29)7-9-24(19)32-13-21(18)26/h1-12,14H,13H2. The maximum Gasteiger partial charge on any atom is 0.200 e. The molecule has 0 saturated carbocycles. The molecule has 6 rings (SSSR count). The van der Waals surface area contributed by atoms with Gasteiger partial charge >= 0.3 is 0 Å². The van der Waals surface area contributed by atoms with E-state index in [4.69, 9.17) is 25.7 Å². The molecule has 1 aliphatic rings. The van der Waals surface area contributed by atoms with Gasteiger partial charge in [0.05, 0.1) is 22.3 Å². The van der Waals surface area contributed by atoms with Gasteiger partial charge in [-0.1, -0.05) is 41.9 Å². The third kappa shape index (κ3) is 3.29. The van der Waals surface area contributed by atoms with E-state index in [1.54, 1.807) is 24.3 Å². The van der Waals surface area contributed by atoms with Crippen molar-refractivity contribution >= 4 is 22.6 Å². The molecule has 0 amide bonds. The van der Waals surface area contributed by atoms with Crippen molar-refractivity contribution in [3.63, 3.8) is 0 Å². The second-order valence-electron chi connectivity index (χ2n) is 7.80. The molecule has 0 aliphatic carbocycles. The molecule has 0 bridgehead atoms. The highest BCUT2D eigenvalue weighted by molar-refractivity contribution is 6.31. The minimum Gasteiger partial charge on any atom is -0.488 e. The number of pyridine rings is 1. The number of rotatable bonds is 2. The highest BCUT2D eigenvalue weighted by atomic mass is 35.5. The fourth-order valence-electron chi connectivity index (χ4n) is 4.19. The zero-order valence-electron chi connectivity index (χ0n) is 17.1. The normalized spacial score (nSPS) is 12.2. The lowest BCUT2D eigenvalue weighted by Crippen LogP contribution is -2.13. The van der Waals surface area contributed by atoms with Crippen molar-refractivity contribution in [1.82, 2.24) is 4.98 Å². The Kier molecular flexibility index (Phi) is 4.52. The Labute approximate surface area is 192 Å². The largest absolute Gasteiger partial charge is 0.488 e. The predicted molar refractivity (Wildman–Crippen MR) is 126 cm³/mol. The summed E-state index contributed by atoms with van der Waals surface area (Å²) in [6.45, 7) is 0.193. The predicted octanol–water partition coefficient (Wildman–Crippen LogP) is 6.87. The zero-order valence-corrected chi connectivity index (χ0v) is 17.9. The molecular formula is C27H15ClFNO3. The molecule has 0 N–H and O–H groups in total. The second kappa shape index (κ2) is 7.57. The van der Waals surface area contributed by atoms with Crippen LogP contribution in [0.25, 0.3) is 44.6 Å². The van der Waals surface area contributed by atoms with Crippen LogP contribution in [0.3, 0.4) is 0 Å². The highest BCUT2D eigenvalue weighted by Gasteiger charge is 2.26. The lowest BCUT2D eigenvalue weighted by molar-refractivity contribution is 0.301. The molecule has 3 heterocycles. The first kappa shape index (κ1) is 19.7. The fourth-order valence-corrected chi connectivity index (χ4v) is 4.36. The van der Waals surface area contributed by atoms with Gasteiger partial charge in [0, 0.05) is 21.7 Å². The second-order valence-corrected chi connectivity index (χ2v) is 8.23.